The number of para-hydroxylation sites is 1. The van der Waals surface area contributed by atoms with Crippen LogP contribution >= 0.6 is 11.3 Å². The summed E-state index contributed by atoms with van der Waals surface area (Å²) in [6.07, 6.45) is 4.67. The Morgan fingerprint density at radius 2 is 2.13 bits per heavy atom. The lowest BCUT2D eigenvalue weighted by atomic mass is 10.1. The molecule has 2 N–H and O–H groups in total. The van der Waals surface area contributed by atoms with E-state index in [1.54, 1.807) is 7.11 Å². The van der Waals surface area contributed by atoms with E-state index in [2.05, 4.69) is 27.4 Å². The molecule has 3 aromatic heterocycles. The number of imidazole rings is 1. The number of aromatic nitrogens is 3. The summed E-state index contributed by atoms with van der Waals surface area (Å²) in [5.74, 6) is 0.676. The highest BCUT2D eigenvalue weighted by atomic mass is 32.1. The Hall–Kier alpha value is -3.58. The lowest BCUT2D eigenvalue weighted by Crippen LogP contribution is -2.26. The standard InChI is InChI=1S/C23H20N4O2S/c1-29-17-6-4-5-15(11-17)20-13-27-21(14-30-23(27)26-20)22(28)24-10-9-16-12-25-19-8-3-2-7-18(16)19/h2-8,11-14,25H,9-10H2,1H3,(H,24,28). The second kappa shape index (κ2) is 7.68. The molecule has 0 radical (unpaired) electrons. The summed E-state index contributed by atoms with van der Waals surface area (Å²) in [6.45, 7) is 0.565. The van der Waals surface area contributed by atoms with Gasteiger partial charge in [-0.3, -0.25) is 9.20 Å². The zero-order valence-electron chi connectivity index (χ0n) is 16.4. The molecule has 0 saturated carbocycles. The number of nitrogens with one attached hydrogen (secondary N) is 2. The van der Waals surface area contributed by atoms with Crippen molar-refractivity contribution in [1.29, 1.82) is 0 Å². The molecule has 0 atom stereocenters. The van der Waals surface area contributed by atoms with Gasteiger partial charge in [-0.25, -0.2) is 4.98 Å². The van der Waals surface area contributed by atoms with Gasteiger partial charge in [0.15, 0.2) is 4.96 Å². The molecule has 2 aromatic carbocycles. The molecule has 0 aliphatic rings. The molecule has 30 heavy (non-hydrogen) atoms. The van der Waals surface area contributed by atoms with E-state index in [0.29, 0.717) is 12.2 Å². The highest BCUT2D eigenvalue weighted by Gasteiger charge is 2.15. The van der Waals surface area contributed by atoms with Crippen molar-refractivity contribution < 1.29 is 9.53 Å². The Labute approximate surface area is 177 Å². The van der Waals surface area contributed by atoms with Crippen LogP contribution in [0, 0.1) is 0 Å². The van der Waals surface area contributed by atoms with Gasteiger partial charge in [0.05, 0.1) is 12.8 Å². The van der Waals surface area contributed by atoms with Gasteiger partial charge in [0.1, 0.15) is 11.4 Å². The molecule has 1 amide bonds. The Bertz CT molecular complexity index is 1350. The van der Waals surface area contributed by atoms with Crippen LogP contribution in [0.15, 0.2) is 66.3 Å². The molecule has 7 heteroatoms. The smallest absolute Gasteiger partial charge is 0.269 e. The Balaban J connectivity index is 1.32. The van der Waals surface area contributed by atoms with Crippen LogP contribution in [0.1, 0.15) is 16.1 Å². The van der Waals surface area contributed by atoms with Gasteiger partial charge >= 0.3 is 0 Å². The maximum atomic E-state index is 12.8. The fourth-order valence-corrected chi connectivity index (χ4v) is 4.46. The average Bonchev–Trinajstić information content (AvgIpc) is 3.48. The molecule has 0 bridgehead atoms. The minimum atomic E-state index is -0.101. The van der Waals surface area contributed by atoms with E-state index in [1.807, 2.05) is 58.6 Å². The number of benzene rings is 2. The van der Waals surface area contributed by atoms with Gasteiger partial charge in [0.2, 0.25) is 0 Å². The molecular weight excluding hydrogens is 396 g/mol. The zero-order chi connectivity index (χ0) is 20.5. The summed E-state index contributed by atoms with van der Waals surface area (Å²) in [7, 11) is 1.64. The van der Waals surface area contributed by atoms with Crippen molar-refractivity contribution in [1.82, 2.24) is 19.7 Å². The Morgan fingerprint density at radius 3 is 3.03 bits per heavy atom. The maximum Gasteiger partial charge on any atom is 0.269 e. The number of nitrogens with zero attached hydrogens (tertiary/aromatic N) is 2. The number of carbonyl (C=O) groups excluding carboxylic acids is 1. The first-order valence-electron chi connectivity index (χ1n) is 9.67. The van der Waals surface area contributed by atoms with E-state index in [9.17, 15) is 4.79 Å². The molecule has 5 rings (SSSR count). The number of ether oxygens (including phenoxy) is 1. The van der Waals surface area contributed by atoms with E-state index in [4.69, 9.17) is 4.74 Å². The van der Waals surface area contributed by atoms with Crippen molar-refractivity contribution in [2.24, 2.45) is 0 Å². The first kappa shape index (κ1) is 18.4. The van der Waals surface area contributed by atoms with Gasteiger partial charge < -0.3 is 15.0 Å². The van der Waals surface area contributed by atoms with Crippen LogP contribution in [0.4, 0.5) is 0 Å². The van der Waals surface area contributed by atoms with Crippen LogP contribution in [0.3, 0.4) is 0 Å². The Morgan fingerprint density at radius 1 is 1.23 bits per heavy atom. The van der Waals surface area contributed by atoms with Crippen LogP contribution in [0.25, 0.3) is 27.1 Å². The number of rotatable bonds is 6. The van der Waals surface area contributed by atoms with Crippen LogP contribution in [0.2, 0.25) is 0 Å². The van der Waals surface area contributed by atoms with Crippen molar-refractivity contribution >= 4 is 33.1 Å². The van der Waals surface area contributed by atoms with E-state index in [0.717, 1.165) is 33.9 Å². The van der Waals surface area contributed by atoms with Gasteiger partial charge in [-0.15, -0.1) is 11.3 Å². The van der Waals surface area contributed by atoms with Crippen LogP contribution < -0.4 is 10.1 Å². The van der Waals surface area contributed by atoms with Crippen molar-refractivity contribution in [2.75, 3.05) is 13.7 Å². The van der Waals surface area contributed by atoms with Crippen LogP contribution in [-0.2, 0) is 6.42 Å². The number of amides is 1. The number of fused-ring (bicyclic) bond motifs is 2. The summed E-state index contributed by atoms with van der Waals surface area (Å²) < 4.78 is 7.14. The molecule has 150 valence electrons. The molecule has 0 fully saturated rings. The fraction of sp³-hybridized carbons (Fsp3) is 0.130. The first-order chi connectivity index (χ1) is 14.7. The minimum absolute atomic E-state index is 0.101. The second-order valence-corrected chi connectivity index (χ2v) is 7.83. The highest BCUT2D eigenvalue weighted by Crippen LogP contribution is 2.26. The van der Waals surface area contributed by atoms with Crippen molar-refractivity contribution in [3.05, 3.63) is 77.6 Å². The van der Waals surface area contributed by atoms with Gasteiger partial charge in [-0.1, -0.05) is 30.3 Å². The molecule has 0 aliphatic heterocycles. The third-order valence-electron chi connectivity index (χ3n) is 5.16. The molecule has 0 saturated heterocycles. The van der Waals surface area contributed by atoms with Crippen molar-refractivity contribution in [3.63, 3.8) is 0 Å². The van der Waals surface area contributed by atoms with E-state index < -0.39 is 0 Å². The number of methoxy groups -OCH3 is 1. The summed E-state index contributed by atoms with van der Waals surface area (Å²) in [5.41, 5.74) is 4.67. The number of hydrogen-bond acceptors (Lipinski definition) is 4. The number of hydrogen-bond donors (Lipinski definition) is 2. The largest absolute Gasteiger partial charge is 0.497 e. The number of H-pyrrole nitrogens is 1. The fourth-order valence-electron chi connectivity index (χ4n) is 3.61. The first-order valence-corrected chi connectivity index (χ1v) is 10.5. The van der Waals surface area contributed by atoms with E-state index in [1.165, 1.54) is 22.3 Å². The SMILES string of the molecule is COc1cccc(-c2cn3c(C(=O)NCCc4c[nH]c5ccccc45)csc3n2)c1. The van der Waals surface area contributed by atoms with Gasteiger partial charge in [0.25, 0.3) is 5.91 Å². The van der Waals surface area contributed by atoms with Gasteiger partial charge in [-0.05, 0) is 30.2 Å². The average molecular weight is 417 g/mol. The molecule has 0 aliphatic carbocycles. The van der Waals surface area contributed by atoms with Crippen LogP contribution in [0.5, 0.6) is 5.75 Å². The predicted octanol–water partition coefficient (Wildman–Crippen LogP) is 4.53. The normalized spacial score (nSPS) is 11.2. The lowest BCUT2D eigenvalue weighted by molar-refractivity contribution is 0.0948. The zero-order valence-corrected chi connectivity index (χ0v) is 17.2. The van der Waals surface area contributed by atoms with Crippen molar-refractivity contribution in [2.45, 2.75) is 6.42 Å². The van der Waals surface area contributed by atoms with Crippen LogP contribution in [-0.4, -0.2) is 33.9 Å². The molecule has 0 unspecified atom stereocenters. The molecule has 0 spiro atoms. The third-order valence-corrected chi connectivity index (χ3v) is 6.00. The lowest BCUT2D eigenvalue weighted by Gasteiger charge is -2.04. The number of carbonyl (C=O) groups is 1. The predicted molar refractivity (Wildman–Crippen MR) is 119 cm³/mol. The molecule has 3 heterocycles. The van der Waals surface area contributed by atoms with Crippen molar-refractivity contribution in [3.8, 4) is 17.0 Å². The maximum absolute atomic E-state index is 12.8. The minimum Gasteiger partial charge on any atom is -0.497 e. The highest BCUT2D eigenvalue weighted by molar-refractivity contribution is 7.15. The number of aromatic amines is 1. The second-order valence-electron chi connectivity index (χ2n) is 7.00. The van der Waals surface area contributed by atoms with E-state index in [-0.39, 0.29) is 5.91 Å². The molecular formula is C23H20N4O2S. The summed E-state index contributed by atoms with van der Waals surface area (Å²) in [4.78, 5) is 21.5. The Kier molecular flexibility index (Phi) is 4.72. The number of thiazole rings is 1. The topological polar surface area (TPSA) is 71.4 Å². The monoisotopic (exact) mass is 416 g/mol. The third kappa shape index (κ3) is 3.33. The van der Waals surface area contributed by atoms with Gasteiger partial charge in [-0.2, -0.15) is 0 Å². The quantitative estimate of drug-likeness (QED) is 0.427. The molecule has 6 nitrogen and oxygen atoms in total. The van der Waals surface area contributed by atoms with Gasteiger partial charge in [0, 0.05) is 40.8 Å². The summed E-state index contributed by atoms with van der Waals surface area (Å²) in [6, 6.07) is 15.9. The molecule has 5 aromatic rings. The van der Waals surface area contributed by atoms with E-state index >= 15 is 0 Å². The summed E-state index contributed by atoms with van der Waals surface area (Å²) >= 11 is 1.46. The summed E-state index contributed by atoms with van der Waals surface area (Å²) in [5, 5.41) is 6.08.